The van der Waals surface area contributed by atoms with Gasteiger partial charge in [-0.2, -0.15) is 0 Å². The predicted octanol–water partition coefficient (Wildman–Crippen LogP) is 5.21. The van der Waals surface area contributed by atoms with Gasteiger partial charge in [-0.15, -0.1) is 0 Å². The number of hydrogen-bond donors (Lipinski definition) is 1. The zero-order valence-corrected chi connectivity index (χ0v) is 20.0. The Labute approximate surface area is 203 Å². The minimum absolute atomic E-state index is 0.0485. The molecule has 0 saturated carbocycles. The van der Waals surface area contributed by atoms with E-state index in [9.17, 15) is 13.2 Å². The number of sulfonamides is 1. The van der Waals surface area contributed by atoms with Crippen molar-refractivity contribution in [2.45, 2.75) is 25.3 Å². The molecule has 0 aliphatic carbocycles. The third-order valence-corrected chi connectivity index (χ3v) is 6.47. The molecule has 0 unspecified atom stereocenters. The molecule has 0 amide bonds. The van der Waals surface area contributed by atoms with E-state index < -0.39 is 16.0 Å². The Morgan fingerprint density at radius 1 is 0.971 bits per heavy atom. The zero-order chi connectivity index (χ0) is 24.8. The van der Waals surface area contributed by atoms with Crippen LogP contribution in [0.5, 0.6) is 5.75 Å². The molecule has 0 spiro atoms. The summed E-state index contributed by atoms with van der Waals surface area (Å²) in [6, 6.07) is 21.5. The van der Waals surface area contributed by atoms with E-state index in [1.165, 1.54) is 36.4 Å². The molecule has 0 aliphatic heterocycles. The van der Waals surface area contributed by atoms with Crippen LogP contribution in [0.3, 0.4) is 0 Å². The Bertz CT molecular complexity index is 1400. The van der Waals surface area contributed by atoms with E-state index in [4.69, 9.17) is 13.9 Å². The van der Waals surface area contributed by atoms with E-state index in [0.29, 0.717) is 35.4 Å². The molecule has 4 rings (SSSR count). The second kappa shape index (κ2) is 10.4. The lowest BCUT2D eigenvalue weighted by molar-refractivity contribution is 0.0467. The number of nitrogens with one attached hydrogen (secondary N) is 1. The van der Waals surface area contributed by atoms with Crippen molar-refractivity contribution in [1.82, 2.24) is 4.98 Å². The Morgan fingerprint density at radius 2 is 1.66 bits per heavy atom. The Morgan fingerprint density at radius 3 is 2.31 bits per heavy atom. The van der Waals surface area contributed by atoms with Gasteiger partial charge in [-0.3, -0.25) is 4.72 Å². The minimum Gasteiger partial charge on any atom is -0.494 e. The van der Waals surface area contributed by atoms with E-state index >= 15 is 0 Å². The van der Waals surface area contributed by atoms with E-state index in [-0.39, 0.29) is 17.1 Å². The highest BCUT2D eigenvalue weighted by molar-refractivity contribution is 7.92. The number of nitrogens with zero attached hydrogens (tertiary/aromatic N) is 1. The maximum Gasteiger partial charge on any atom is 0.338 e. The van der Waals surface area contributed by atoms with E-state index in [0.717, 1.165) is 5.56 Å². The third kappa shape index (κ3) is 5.88. The van der Waals surface area contributed by atoms with Gasteiger partial charge in [-0.05, 0) is 74.5 Å². The number of ether oxygens (including phenoxy) is 2. The highest BCUT2D eigenvalue weighted by Crippen LogP contribution is 2.23. The van der Waals surface area contributed by atoms with Gasteiger partial charge < -0.3 is 13.9 Å². The summed E-state index contributed by atoms with van der Waals surface area (Å²) < 4.78 is 44.1. The summed E-state index contributed by atoms with van der Waals surface area (Å²) in [6.45, 7) is 4.05. The quantitative estimate of drug-likeness (QED) is 0.320. The summed E-state index contributed by atoms with van der Waals surface area (Å²) in [5.41, 5.74) is 1.95. The molecule has 1 aromatic heterocycles. The van der Waals surface area contributed by atoms with Crippen LogP contribution in [0.2, 0.25) is 0 Å². The van der Waals surface area contributed by atoms with Crippen LogP contribution in [0.1, 0.15) is 28.7 Å². The molecule has 0 radical (unpaired) electrons. The number of hydrogen-bond acceptors (Lipinski definition) is 7. The number of aromatic nitrogens is 1. The van der Waals surface area contributed by atoms with Crippen molar-refractivity contribution in [1.29, 1.82) is 0 Å². The number of benzene rings is 3. The summed E-state index contributed by atoms with van der Waals surface area (Å²) in [6.07, 6.45) is 0. The molecule has 0 bridgehead atoms. The average Bonchev–Trinajstić information content (AvgIpc) is 3.24. The Balaban J connectivity index is 1.37. The topological polar surface area (TPSA) is 108 Å². The molecular formula is C26H24N2O6S. The minimum atomic E-state index is -3.79. The van der Waals surface area contributed by atoms with Crippen molar-refractivity contribution < 1.29 is 27.1 Å². The highest BCUT2D eigenvalue weighted by Gasteiger charge is 2.16. The average molecular weight is 493 g/mol. The van der Waals surface area contributed by atoms with Crippen LogP contribution >= 0.6 is 0 Å². The molecule has 1 heterocycles. The summed E-state index contributed by atoms with van der Waals surface area (Å²) in [5.74, 6) is 1.05. The van der Waals surface area contributed by atoms with E-state index in [2.05, 4.69) is 9.71 Å². The number of esters is 1. The molecule has 0 aliphatic rings. The SMILES string of the molecule is CCOc1ccc(S(=O)(=O)Nc2ccc(C(=O)OCc3nc(-c4ccccc4)oc3C)cc2)cc1. The van der Waals surface area contributed by atoms with Crippen molar-refractivity contribution in [2.75, 3.05) is 11.3 Å². The lowest BCUT2D eigenvalue weighted by atomic mass is 10.2. The van der Waals surface area contributed by atoms with Gasteiger partial charge in [-0.1, -0.05) is 18.2 Å². The smallest absolute Gasteiger partial charge is 0.338 e. The number of rotatable bonds is 9. The van der Waals surface area contributed by atoms with Crippen LogP contribution in [-0.2, 0) is 21.4 Å². The fourth-order valence-corrected chi connectivity index (χ4v) is 4.31. The zero-order valence-electron chi connectivity index (χ0n) is 19.2. The first kappa shape index (κ1) is 24.0. The fraction of sp³-hybridized carbons (Fsp3) is 0.154. The van der Waals surface area contributed by atoms with Crippen molar-refractivity contribution >= 4 is 21.7 Å². The molecular weight excluding hydrogens is 468 g/mol. The molecule has 3 aromatic carbocycles. The van der Waals surface area contributed by atoms with Crippen molar-refractivity contribution in [3.05, 3.63) is 95.9 Å². The Hall–Kier alpha value is -4.11. The monoisotopic (exact) mass is 492 g/mol. The first-order chi connectivity index (χ1) is 16.9. The molecule has 0 saturated heterocycles. The normalized spacial score (nSPS) is 11.1. The molecule has 1 N–H and O–H groups in total. The van der Waals surface area contributed by atoms with Gasteiger partial charge in [0, 0.05) is 11.3 Å². The van der Waals surface area contributed by atoms with Crippen LogP contribution in [0.15, 0.2) is 88.2 Å². The van der Waals surface area contributed by atoms with Crippen molar-refractivity contribution in [2.24, 2.45) is 0 Å². The maximum atomic E-state index is 12.6. The summed E-state index contributed by atoms with van der Waals surface area (Å²) in [5, 5.41) is 0. The van der Waals surface area contributed by atoms with Gasteiger partial charge in [0.25, 0.3) is 10.0 Å². The maximum absolute atomic E-state index is 12.6. The van der Waals surface area contributed by atoms with E-state index in [1.54, 1.807) is 19.1 Å². The summed E-state index contributed by atoms with van der Waals surface area (Å²) in [4.78, 5) is 17.0. The lowest BCUT2D eigenvalue weighted by Crippen LogP contribution is -2.13. The lowest BCUT2D eigenvalue weighted by Gasteiger charge is -2.10. The van der Waals surface area contributed by atoms with Gasteiger partial charge in [-0.25, -0.2) is 18.2 Å². The van der Waals surface area contributed by atoms with Crippen LogP contribution < -0.4 is 9.46 Å². The van der Waals surface area contributed by atoms with Crippen LogP contribution in [0, 0.1) is 6.92 Å². The second-order valence-electron chi connectivity index (χ2n) is 7.55. The highest BCUT2D eigenvalue weighted by atomic mass is 32.2. The first-order valence-electron chi connectivity index (χ1n) is 10.9. The Kier molecular flexibility index (Phi) is 7.17. The number of aryl methyl sites for hydroxylation is 1. The fourth-order valence-electron chi connectivity index (χ4n) is 3.25. The molecule has 35 heavy (non-hydrogen) atoms. The molecule has 0 atom stereocenters. The first-order valence-corrected chi connectivity index (χ1v) is 12.4. The van der Waals surface area contributed by atoms with Gasteiger partial charge in [0.05, 0.1) is 17.1 Å². The van der Waals surface area contributed by atoms with E-state index in [1.807, 2.05) is 37.3 Å². The van der Waals surface area contributed by atoms with Crippen LogP contribution in [-0.4, -0.2) is 26.0 Å². The van der Waals surface area contributed by atoms with Crippen molar-refractivity contribution in [3.63, 3.8) is 0 Å². The number of oxazole rings is 1. The summed E-state index contributed by atoms with van der Waals surface area (Å²) in [7, 11) is -3.79. The van der Waals surface area contributed by atoms with Crippen LogP contribution in [0.25, 0.3) is 11.5 Å². The van der Waals surface area contributed by atoms with Gasteiger partial charge in [0.15, 0.2) is 0 Å². The number of carbonyl (C=O) groups is 1. The molecule has 0 fully saturated rings. The molecule has 8 nitrogen and oxygen atoms in total. The summed E-state index contributed by atoms with van der Waals surface area (Å²) >= 11 is 0. The standard InChI is InChI=1S/C26H24N2O6S/c1-3-32-22-13-15-23(16-14-22)35(30,31)28-21-11-9-20(10-12-21)26(29)33-17-24-18(2)34-25(27-24)19-7-5-4-6-8-19/h4-16,28H,3,17H2,1-2H3. The van der Waals surface area contributed by atoms with Gasteiger partial charge in [0.1, 0.15) is 23.8 Å². The molecule has 4 aromatic rings. The largest absolute Gasteiger partial charge is 0.494 e. The molecule has 9 heteroatoms. The van der Waals surface area contributed by atoms with Gasteiger partial charge in [0.2, 0.25) is 5.89 Å². The molecule has 180 valence electrons. The predicted molar refractivity (Wildman–Crippen MR) is 131 cm³/mol. The van der Waals surface area contributed by atoms with Crippen LogP contribution in [0.4, 0.5) is 5.69 Å². The van der Waals surface area contributed by atoms with Crippen molar-refractivity contribution in [3.8, 4) is 17.2 Å². The number of carbonyl (C=O) groups excluding carboxylic acids is 1. The third-order valence-electron chi connectivity index (χ3n) is 5.07. The second-order valence-corrected chi connectivity index (χ2v) is 9.23. The number of anilines is 1. The van der Waals surface area contributed by atoms with Gasteiger partial charge >= 0.3 is 5.97 Å².